The van der Waals surface area contributed by atoms with E-state index in [0.717, 1.165) is 28.2 Å². The number of para-hydroxylation sites is 1. The second-order valence-corrected chi connectivity index (χ2v) is 6.53. The molecule has 0 bridgehead atoms. The highest BCUT2D eigenvalue weighted by atomic mass is 16.1. The van der Waals surface area contributed by atoms with Gasteiger partial charge in [-0.2, -0.15) is 10.2 Å². The lowest BCUT2D eigenvalue weighted by Gasteiger charge is -2.07. The fourth-order valence-electron chi connectivity index (χ4n) is 2.99. The van der Waals surface area contributed by atoms with E-state index in [0.29, 0.717) is 12.1 Å². The molecule has 0 saturated heterocycles. The van der Waals surface area contributed by atoms with Crippen molar-refractivity contribution in [1.82, 2.24) is 29.9 Å². The number of rotatable bonds is 5. The Morgan fingerprint density at radius 2 is 1.86 bits per heavy atom. The van der Waals surface area contributed by atoms with Crippen molar-refractivity contribution < 1.29 is 4.79 Å². The van der Waals surface area contributed by atoms with Crippen LogP contribution in [0.5, 0.6) is 0 Å². The minimum Gasteiger partial charge on any atom is -0.348 e. The number of hydrogen-bond acceptors (Lipinski definition) is 4. The molecule has 28 heavy (non-hydrogen) atoms. The van der Waals surface area contributed by atoms with E-state index in [-0.39, 0.29) is 5.91 Å². The summed E-state index contributed by atoms with van der Waals surface area (Å²) in [5, 5.41) is 11.4. The number of nitrogens with one attached hydrogen (secondary N) is 1. The van der Waals surface area contributed by atoms with Gasteiger partial charge >= 0.3 is 0 Å². The molecule has 0 radical (unpaired) electrons. The summed E-state index contributed by atoms with van der Waals surface area (Å²) < 4.78 is 3.50. The van der Waals surface area contributed by atoms with E-state index < -0.39 is 0 Å². The van der Waals surface area contributed by atoms with E-state index in [9.17, 15) is 4.79 Å². The standard InChI is InChI=1S/C21H20N6O/c1-15-19(13-25-27(15)18-6-4-3-5-7-18)21(28)23-11-16-8-9-20(22-10-16)17-12-24-26(2)14-17/h3-10,12-14H,11H2,1-2H3,(H,23,28). The quantitative estimate of drug-likeness (QED) is 0.584. The van der Waals surface area contributed by atoms with E-state index in [1.54, 1.807) is 28.0 Å². The van der Waals surface area contributed by atoms with Crippen molar-refractivity contribution in [2.24, 2.45) is 7.05 Å². The van der Waals surface area contributed by atoms with Gasteiger partial charge in [-0.15, -0.1) is 0 Å². The average Bonchev–Trinajstić information content (AvgIpc) is 3.33. The van der Waals surface area contributed by atoms with Crippen LogP contribution in [0.15, 0.2) is 67.3 Å². The molecule has 7 nitrogen and oxygen atoms in total. The third kappa shape index (κ3) is 3.55. The highest BCUT2D eigenvalue weighted by Gasteiger charge is 2.15. The highest BCUT2D eigenvalue weighted by Crippen LogP contribution is 2.16. The summed E-state index contributed by atoms with van der Waals surface area (Å²) in [5.74, 6) is -0.156. The fraction of sp³-hybridized carbons (Fsp3) is 0.143. The van der Waals surface area contributed by atoms with E-state index in [1.165, 1.54) is 0 Å². The van der Waals surface area contributed by atoms with Crippen LogP contribution in [-0.4, -0.2) is 30.5 Å². The number of aryl methyl sites for hydroxylation is 1. The minimum absolute atomic E-state index is 0.156. The summed E-state index contributed by atoms with van der Waals surface area (Å²) in [5.41, 5.74) is 5.02. The SMILES string of the molecule is Cc1c(C(=O)NCc2ccc(-c3cnn(C)c3)nc2)cnn1-c1ccccc1. The molecule has 0 atom stereocenters. The fourth-order valence-corrected chi connectivity index (χ4v) is 2.99. The van der Waals surface area contributed by atoms with Crippen LogP contribution in [0, 0.1) is 6.92 Å². The van der Waals surface area contributed by atoms with Gasteiger partial charge in [-0.1, -0.05) is 24.3 Å². The molecule has 4 rings (SSSR count). The molecule has 1 amide bonds. The predicted molar refractivity (Wildman–Crippen MR) is 106 cm³/mol. The third-order valence-corrected chi connectivity index (χ3v) is 4.53. The van der Waals surface area contributed by atoms with Crippen molar-refractivity contribution in [3.63, 3.8) is 0 Å². The lowest BCUT2D eigenvalue weighted by Crippen LogP contribution is -2.23. The molecule has 4 aromatic rings. The molecular formula is C21H20N6O. The van der Waals surface area contributed by atoms with E-state index in [2.05, 4.69) is 20.5 Å². The van der Waals surface area contributed by atoms with E-state index in [4.69, 9.17) is 0 Å². The summed E-state index contributed by atoms with van der Waals surface area (Å²) in [6.07, 6.45) is 7.05. The maximum atomic E-state index is 12.6. The van der Waals surface area contributed by atoms with Crippen molar-refractivity contribution in [3.05, 3.63) is 84.1 Å². The van der Waals surface area contributed by atoms with Gasteiger partial charge in [0.2, 0.25) is 0 Å². The number of amides is 1. The average molecular weight is 372 g/mol. The van der Waals surface area contributed by atoms with Crippen LogP contribution in [0.2, 0.25) is 0 Å². The summed E-state index contributed by atoms with van der Waals surface area (Å²) in [6, 6.07) is 13.6. The zero-order valence-electron chi connectivity index (χ0n) is 15.7. The van der Waals surface area contributed by atoms with Gasteiger partial charge in [0.1, 0.15) is 0 Å². The molecular weight excluding hydrogens is 352 g/mol. The molecule has 0 aliphatic carbocycles. The van der Waals surface area contributed by atoms with Gasteiger partial charge in [0.05, 0.1) is 35.0 Å². The van der Waals surface area contributed by atoms with Crippen LogP contribution in [-0.2, 0) is 13.6 Å². The second kappa shape index (κ2) is 7.48. The molecule has 1 aromatic carbocycles. The molecule has 0 fully saturated rings. The lowest BCUT2D eigenvalue weighted by molar-refractivity contribution is 0.0950. The number of carbonyl (C=O) groups is 1. The molecule has 3 heterocycles. The Morgan fingerprint density at radius 1 is 1.04 bits per heavy atom. The number of hydrogen-bond donors (Lipinski definition) is 1. The lowest BCUT2D eigenvalue weighted by atomic mass is 10.2. The molecule has 1 N–H and O–H groups in total. The second-order valence-electron chi connectivity index (χ2n) is 6.53. The summed E-state index contributed by atoms with van der Waals surface area (Å²) >= 11 is 0. The Bertz CT molecular complexity index is 1100. The smallest absolute Gasteiger partial charge is 0.255 e. The minimum atomic E-state index is -0.156. The number of benzene rings is 1. The van der Waals surface area contributed by atoms with E-state index in [1.807, 2.05) is 62.6 Å². The Kier molecular flexibility index (Phi) is 4.72. The van der Waals surface area contributed by atoms with Crippen LogP contribution in [0.3, 0.4) is 0 Å². The Labute approximate surface area is 162 Å². The van der Waals surface area contributed by atoms with E-state index >= 15 is 0 Å². The van der Waals surface area contributed by atoms with Crippen LogP contribution < -0.4 is 5.32 Å². The number of carbonyl (C=O) groups excluding carboxylic acids is 1. The van der Waals surface area contributed by atoms with Crippen molar-refractivity contribution in [2.45, 2.75) is 13.5 Å². The Balaban J connectivity index is 1.43. The maximum absolute atomic E-state index is 12.6. The molecule has 0 spiro atoms. The summed E-state index contributed by atoms with van der Waals surface area (Å²) in [7, 11) is 1.87. The first kappa shape index (κ1) is 17.7. The molecule has 0 saturated carbocycles. The Morgan fingerprint density at radius 3 is 2.54 bits per heavy atom. The monoisotopic (exact) mass is 372 g/mol. The van der Waals surface area contributed by atoms with Crippen molar-refractivity contribution in [1.29, 1.82) is 0 Å². The van der Waals surface area contributed by atoms with Crippen molar-refractivity contribution >= 4 is 5.91 Å². The van der Waals surface area contributed by atoms with Gasteiger partial charge in [-0.05, 0) is 30.7 Å². The van der Waals surface area contributed by atoms with Gasteiger partial charge in [-0.25, -0.2) is 4.68 Å². The van der Waals surface area contributed by atoms with Crippen molar-refractivity contribution in [2.75, 3.05) is 0 Å². The van der Waals surface area contributed by atoms with Crippen LogP contribution in [0.25, 0.3) is 16.9 Å². The molecule has 0 aliphatic rings. The zero-order valence-corrected chi connectivity index (χ0v) is 15.7. The van der Waals surface area contributed by atoms with Gasteiger partial charge in [0.25, 0.3) is 5.91 Å². The third-order valence-electron chi connectivity index (χ3n) is 4.53. The maximum Gasteiger partial charge on any atom is 0.255 e. The molecule has 140 valence electrons. The Hall–Kier alpha value is -3.74. The topological polar surface area (TPSA) is 77.6 Å². The van der Waals surface area contributed by atoms with Crippen LogP contribution in [0.1, 0.15) is 21.6 Å². The number of nitrogens with zero attached hydrogens (tertiary/aromatic N) is 5. The number of pyridine rings is 1. The van der Waals surface area contributed by atoms with Gasteiger partial charge in [-0.3, -0.25) is 14.5 Å². The normalized spacial score (nSPS) is 10.8. The molecule has 7 heteroatoms. The first-order chi connectivity index (χ1) is 13.6. The highest BCUT2D eigenvalue weighted by molar-refractivity contribution is 5.95. The molecule has 0 unspecified atom stereocenters. The first-order valence-electron chi connectivity index (χ1n) is 8.94. The van der Waals surface area contributed by atoms with Crippen molar-refractivity contribution in [3.8, 4) is 16.9 Å². The molecule has 0 aliphatic heterocycles. The first-order valence-corrected chi connectivity index (χ1v) is 8.94. The number of aromatic nitrogens is 5. The van der Waals surface area contributed by atoms with Gasteiger partial charge < -0.3 is 5.32 Å². The zero-order chi connectivity index (χ0) is 19.5. The van der Waals surface area contributed by atoms with Crippen LogP contribution >= 0.6 is 0 Å². The van der Waals surface area contributed by atoms with Gasteiger partial charge in [0, 0.05) is 31.5 Å². The predicted octanol–water partition coefficient (Wildman–Crippen LogP) is 2.91. The summed E-state index contributed by atoms with van der Waals surface area (Å²) in [6.45, 7) is 2.29. The van der Waals surface area contributed by atoms with Gasteiger partial charge in [0.15, 0.2) is 0 Å². The molecule has 3 aromatic heterocycles. The van der Waals surface area contributed by atoms with Crippen LogP contribution in [0.4, 0.5) is 0 Å². The summed E-state index contributed by atoms with van der Waals surface area (Å²) in [4.78, 5) is 17.0. The largest absolute Gasteiger partial charge is 0.348 e.